The third-order valence-electron chi connectivity index (χ3n) is 5.09. The number of carbonyl (C=O) groups excluding carboxylic acids is 1. The molecule has 0 aliphatic heterocycles. The van der Waals surface area contributed by atoms with Gasteiger partial charge in [-0.25, -0.2) is 4.68 Å². The van der Waals surface area contributed by atoms with E-state index in [-0.39, 0.29) is 12.5 Å². The number of hydrogen-bond acceptors (Lipinski definition) is 4. The summed E-state index contributed by atoms with van der Waals surface area (Å²) in [6.07, 6.45) is 0. The molecule has 31 heavy (non-hydrogen) atoms. The van der Waals surface area contributed by atoms with Gasteiger partial charge in [-0.05, 0) is 63.1 Å². The summed E-state index contributed by atoms with van der Waals surface area (Å²) in [4.78, 5) is 17.0. The Kier molecular flexibility index (Phi) is 5.65. The van der Waals surface area contributed by atoms with Crippen LogP contribution < -0.4 is 10.1 Å². The van der Waals surface area contributed by atoms with Gasteiger partial charge in [0, 0.05) is 22.2 Å². The molecule has 0 fully saturated rings. The van der Waals surface area contributed by atoms with E-state index in [0.29, 0.717) is 22.2 Å². The van der Waals surface area contributed by atoms with E-state index < -0.39 is 0 Å². The lowest BCUT2D eigenvalue weighted by Crippen LogP contribution is -2.21. The second-order valence-corrected chi connectivity index (χ2v) is 8.04. The molecular weight excluding hydrogens is 412 g/mol. The maximum Gasteiger partial charge on any atom is 0.262 e. The van der Waals surface area contributed by atoms with Crippen LogP contribution in [-0.2, 0) is 4.79 Å². The van der Waals surface area contributed by atoms with Crippen molar-refractivity contribution in [1.82, 2.24) is 14.8 Å². The number of hydrogen-bond donors (Lipinski definition) is 1. The van der Waals surface area contributed by atoms with E-state index in [1.165, 1.54) is 5.56 Å². The van der Waals surface area contributed by atoms with Crippen LogP contribution in [0.25, 0.3) is 16.7 Å². The molecule has 0 unspecified atom stereocenters. The third kappa shape index (κ3) is 4.39. The molecule has 4 aromatic rings. The van der Waals surface area contributed by atoms with E-state index in [2.05, 4.69) is 15.4 Å². The Bertz CT molecular complexity index is 1280. The summed E-state index contributed by atoms with van der Waals surface area (Å²) >= 11 is 6.02. The smallest absolute Gasteiger partial charge is 0.262 e. The molecular formula is C24H23ClN4O2. The maximum absolute atomic E-state index is 12.4. The Morgan fingerprint density at radius 2 is 1.77 bits per heavy atom. The highest BCUT2D eigenvalue weighted by molar-refractivity contribution is 6.31. The number of fused-ring (bicyclic) bond motifs is 1. The SMILES string of the molecule is Cc1ccc(-n2nc(C)c3c(C)cc(OCC(=O)Nc4cc(Cl)ccc4C)nc32)cc1. The summed E-state index contributed by atoms with van der Waals surface area (Å²) in [5.41, 5.74) is 6.25. The zero-order chi connectivity index (χ0) is 22.1. The summed E-state index contributed by atoms with van der Waals surface area (Å²) in [5.74, 6) is 0.0874. The fourth-order valence-corrected chi connectivity index (χ4v) is 3.64. The molecule has 0 saturated carbocycles. The average molecular weight is 435 g/mol. The molecule has 2 aromatic carbocycles. The molecule has 1 amide bonds. The monoisotopic (exact) mass is 434 g/mol. The Morgan fingerprint density at radius 1 is 1.03 bits per heavy atom. The number of benzene rings is 2. The van der Waals surface area contributed by atoms with Crippen LogP contribution in [0.15, 0.2) is 48.5 Å². The van der Waals surface area contributed by atoms with Gasteiger partial charge < -0.3 is 10.1 Å². The zero-order valence-electron chi connectivity index (χ0n) is 17.9. The van der Waals surface area contributed by atoms with E-state index in [4.69, 9.17) is 16.3 Å². The van der Waals surface area contributed by atoms with Gasteiger partial charge in [-0.15, -0.1) is 0 Å². The van der Waals surface area contributed by atoms with Crippen LogP contribution in [0.4, 0.5) is 5.69 Å². The first-order chi connectivity index (χ1) is 14.8. The minimum absolute atomic E-state index is 0.165. The van der Waals surface area contributed by atoms with E-state index in [0.717, 1.165) is 27.9 Å². The molecule has 0 bridgehead atoms. The molecule has 1 N–H and O–H groups in total. The summed E-state index contributed by atoms with van der Waals surface area (Å²) in [6.45, 7) is 7.73. The van der Waals surface area contributed by atoms with Crippen molar-refractivity contribution < 1.29 is 9.53 Å². The first kappa shape index (κ1) is 20.9. The fraction of sp³-hybridized carbons (Fsp3) is 0.208. The molecule has 0 atom stereocenters. The lowest BCUT2D eigenvalue weighted by atomic mass is 10.1. The van der Waals surface area contributed by atoms with Crippen molar-refractivity contribution in [3.05, 3.63) is 75.9 Å². The van der Waals surface area contributed by atoms with Crippen LogP contribution in [0.1, 0.15) is 22.4 Å². The highest BCUT2D eigenvalue weighted by atomic mass is 35.5. The quantitative estimate of drug-likeness (QED) is 0.461. The minimum Gasteiger partial charge on any atom is -0.467 e. The van der Waals surface area contributed by atoms with Crippen LogP contribution >= 0.6 is 11.6 Å². The zero-order valence-corrected chi connectivity index (χ0v) is 18.6. The van der Waals surface area contributed by atoms with Gasteiger partial charge >= 0.3 is 0 Å². The number of amides is 1. The van der Waals surface area contributed by atoms with Crippen molar-refractivity contribution in [3.63, 3.8) is 0 Å². The first-order valence-corrected chi connectivity index (χ1v) is 10.3. The molecule has 7 heteroatoms. The average Bonchev–Trinajstić information content (AvgIpc) is 3.06. The van der Waals surface area contributed by atoms with Gasteiger partial charge in [0.05, 0.1) is 11.4 Å². The van der Waals surface area contributed by atoms with Gasteiger partial charge in [0.25, 0.3) is 5.91 Å². The van der Waals surface area contributed by atoms with Crippen molar-refractivity contribution in [2.45, 2.75) is 27.7 Å². The van der Waals surface area contributed by atoms with Crippen molar-refractivity contribution in [2.24, 2.45) is 0 Å². The third-order valence-corrected chi connectivity index (χ3v) is 5.32. The molecule has 0 aliphatic rings. The van der Waals surface area contributed by atoms with Gasteiger partial charge in [0.2, 0.25) is 5.88 Å². The Labute approximate surface area is 185 Å². The summed E-state index contributed by atoms with van der Waals surface area (Å²) < 4.78 is 7.53. The summed E-state index contributed by atoms with van der Waals surface area (Å²) in [7, 11) is 0. The number of pyridine rings is 1. The standard InChI is InChI=1S/C24H23ClN4O2/c1-14-5-9-19(10-6-14)29-24-23(17(4)28-29)16(3)11-22(27-24)31-13-21(30)26-20-12-18(25)8-7-15(20)2/h5-12H,13H2,1-4H3,(H,26,30). The summed E-state index contributed by atoms with van der Waals surface area (Å²) in [5, 5.41) is 9.03. The van der Waals surface area contributed by atoms with Crippen LogP contribution in [0, 0.1) is 27.7 Å². The van der Waals surface area contributed by atoms with Crippen molar-refractivity contribution in [2.75, 3.05) is 11.9 Å². The molecule has 2 aromatic heterocycles. The van der Waals surface area contributed by atoms with Gasteiger partial charge in [-0.1, -0.05) is 35.4 Å². The fourth-order valence-electron chi connectivity index (χ4n) is 3.47. The number of nitrogens with one attached hydrogen (secondary N) is 1. The van der Waals surface area contributed by atoms with Gasteiger partial charge in [-0.3, -0.25) is 4.79 Å². The van der Waals surface area contributed by atoms with Crippen LogP contribution in [-0.4, -0.2) is 27.3 Å². The highest BCUT2D eigenvalue weighted by Gasteiger charge is 2.15. The number of ether oxygens (including phenoxy) is 1. The molecule has 0 radical (unpaired) electrons. The number of halogens is 1. The second-order valence-electron chi connectivity index (χ2n) is 7.60. The minimum atomic E-state index is -0.284. The van der Waals surface area contributed by atoms with Gasteiger partial charge in [0.15, 0.2) is 12.3 Å². The van der Waals surface area contributed by atoms with E-state index in [1.54, 1.807) is 16.8 Å². The van der Waals surface area contributed by atoms with Gasteiger partial charge in [-0.2, -0.15) is 10.1 Å². The number of carbonyl (C=O) groups is 1. The van der Waals surface area contributed by atoms with Crippen LogP contribution in [0.3, 0.4) is 0 Å². The number of rotatable bonds is 5. The van der Waals surface area contributed by atoms with Crippen molar-refractivity contribution >= 4 is 34.2 Å². The van der Waals surface area contributed by atoms with E-state index in [9.17, 15) is 4.79 Å². The Morgan fingerprint density at radius 3 is 2.52 bits per heavy atom. The molecule has 0 saturated heterocycles. The molecule has 0 aliphatic carbocycles. The number of aryl methyl sites for hydroxylation is 4. The normalized spacial score (nSPS) is 11.0. The lowest BCUT2D eigenvalue weighted by molar-refractivity contribution is -0.118. The Hall–Kier alpha value is -3.38. The topological polar surface area (TPSA) is 69.0 Å². The number of anilines is 1. The predicted molar refractivity (Wildman–Crippen MR) is 123 cm³/mol. The maximum atomic E-state index is 12.4. The predicted octanol–water partition coefficient (Wildman–Crippen LogP) is 5.33. The van der Waals surface area contributed by atoms with Crippen LogP contribution in [0.5, 0.6) is 5.88 Å². The lowest BCUT2D eigenvalue weighted by Gasteiger charge is -2.11. The molecule has 4 rings (SSSR count). The Balaban J connectivity index is 1.58. The number of nitrogens with zero attached hydrogens (tertiary/aromatic N) is 3. The molecule has 6 nitrogen and oxygen atoms in total. The van der Waals surface area contributed by atoms with Gasteiger partial charge in [0.1, 0.15) is 0 Å². The summed E-state index contributed by atoms with van der Waals surface area (Å²) in [6, 6.07) is 15.3. The molecule has 2 heterocycles. The van der Waals surface area contributed by atoms with Crippen molar-refractivity contribution in [3.8, 4) is 11.6 Å². The number of aromatic nitrogens is 3. The van der Waals surface area contributed by atoms with E-state index in [1.807, 2.05) is 64.1 Å². The van der Waals surface area contributed by atoms with Crippen LogP contribution in [0.2, 0.25) is 5.02 Å². The second kappa shape index (κ2) is 8.40. The highest BCUT2D eigenvalue weighted by Crippen LogP contribution is 2.27. The largest absolute Gasteiger partial charge is 0.467 e. The van der Waals surface area contributed by atoms with Crippen molar-refractivity contribution in [1.29, 1.82) is 0 Å². The molecule has 0 spiro atoms. The van der Waals surface area contributed by atoms with E-state index >= 15 is 0 Å². The first-order valence-electron chi connectivity index (χ1n) is 9.94. The molecule has 158 valence electrons.